The lowest BCUT2D eigenvalue weighted by Gasteiger charge is -2.16. The van der Waals surface area contributed by atoms with E-state index >= 15 is 0 Å². The number of rotatable bonds is 7. The molecular weight excluding hydrogens is 423 g/mol. The molecule has 4 rings (SSSR count). The Morgan fingerprint density at radius 1 is 0.909 bits per heavy atom. The van der Waals surface area contributed by atoms with Crippen LogP contribution in [0.15, 0.2) is 72.4 Å². The van der Waals surface area contributed by atoms with Gasteiger partial charge in [0.2, 0.25) is 0 Å². The summed E-state index contributed by atoms with van der Waals surface area (Å²) in [6.45, 7) is 1.75. The molecule has 1 N–H and O–H groups in total. The lowest BCUT2D eigenvalue weighted by atomic mass is 10.0. The summed E-state index contributed by atoms with van der Waals surface area (Å²) in [4.78, 5) is 27.9. The van der Waals surface area contributed by atoms with E-state index < -0.39 is 17.6 Å². The first-order valence-corrected chi connectivity index (χ1v) is 10.3. The summed E-state index contributed by atoms with van der Waals surface area (Å²) < 4.78 is 25.0. The maximum atomic E-state index is 14.3. The normalized spacial score (nSPS) is 13.5. The molecule has 33 heavy (non-hydrogen) atoms. The summed E-state index contributed by atoms with van der Waals surface area (Å²) in [7, 11) is 3.04. The quantitative estimate of drug-likeness (QED) is 0.540. The van der Waals surface area contributed by atoms with Gasteiger partial charge >= 0.3 is 0 Å². The van der Waals surface area contributed by atoms with Gasteiger partial charge in [-0.15, -0.1) is 0 Å². The number of carbonyl (C=O) groups excluding carboxylic acids is 2. The van der Waals surface area contributed by atoms with E-state index in [0.29, 0.717) is 22.7 Å². The first-order chi connectivity index (χ1) is 15.9. The Morgan fingerprint density at radius 2 is 1.64 bits per heavy atom. The van der Waals surface area contributed by atoms with Gasteiger partial charge in [0.25, 0.3) is 11.8 Å². The Bertz CT molecular complexity index is 1250. The Kier molecular flexibility index (Phi) is 6.13. The van der Waals surface area contributed by atoms with Gasteiger partial charge in [0.15, 0.2) is 0 Å². The zero-order valence-corrected chi connectivity index (χ0v) is 18.5. The van der Waals surface area contributed by atoms with Crippen molar-refractivity contribution in [1.82, 2.24) is 4.90 Å². The van der Waals surface area contributed by atoms with Crippen LogP contribution in [0.3, 0.4) is 0 Å². The van der Waals surface area contributed by atoms with Crippen molar-refractivity contribution < 1.29 is 23.5 Å². The summed E-state index contributed by atoms with van der Waals surface area (Å²) >= 11 is 0. The Balaban J connectivity index is 1.79. The second-order valence-corrected chi connectivity index (χ2v) is 7.60. The Labute approximate surface area is 191 Å². The summed E-state index contributed by atoms with van der Waals surface area (Å²) in [5.41, 5.74) is 2.61. The van der Waals surface area contributed by atoms with Crippen LogP contribution in [-0.4, -0.2) is 30.9 Å². The number of ether oxygens (including phenoxy) is 2. The lowest BCUT2D eigenvalue weighted by Crippen LogP contribution is -2.32. The van der Waals surface area contributed by atoms with Crippen LogP contribution >= 0.6 is 0 Å². The highest BCUT2D eigenvalue weighted by Crippen LogP contribution is 2.36. The maximum Gasteiger partial charge on any atom is 0.278 e. The zero-order chi connectivity index (χ0) is 23.5. The third kappa shape index (κ3) is 4.30. The second kappa shape index (κ2) is 9.16. The van der Waals surface area contributed by atoms with E-state index in [1.807, 2.05) is 19.1 Å². The fourth-order valence-corrected chi connectivity index (χ4v) is 3.67. The predicted octanol–water partition coefficient (Wildman–Crippen LogP) is 4.54. The molecule has 1 aliphatic rings. The summed E-state index contributed by atoms with van der Waals surface area (Å²) in [5, 5.41) is 3.08. The summed E-state index contributed by atoms with van der Waals surface area (Å²) in [6, 6.07) is 18.5. The van der Waals surface area contributed by atoms with E-state index in [0.717, 1.165) is 10.5 Å². The van der Waals surface area contributed by atoms with Gasteiger partial charge in [-0.05, 0) is 30.7 Å². The molecule has 3 aromatic rings. The van der Waals surface area contributed by atoms with Crippen molar-refractivity contribution in [3.8, 4) is 11.5 Å². The number of nitrogens with one attached hydrogen (secondary N) is 1. The van der Waals surface area contributed by atoms with Gasteiger partial charge in [0.1, 0.15) is 23.0 Å². The van der Waals surface area contributed by atoms with Gasteiger partial charge in [0.05, 0.1) is 32.0 Å². The number of carbonyl (C=O) groups is 2. The van der Waals surface area contributed by atoms with E-state index in [9.17, 15) is 14.0 Å². The highest BCUT2D eigenvalue weighted by atomic mass is 19.1. The average Bonchev–Trinajstić information content (AvgIpc) is 3.05. The number of anilines is 1. The average molecular weight is 446 g/mol. The molecule has 3 aromatic carbocycles. The minimum absolute atomic E-state index is 0.0896. The minimum Gasteiger partial charge on any atom is -0.497 e. The van der Waals surface area contributed by atoms with Gasteiger partial charge in [-0.25, -0.2) is 4.39 Å². The largest absolute Gasteiger partial charge is 0.497 e. The van der Waals surface area contributed by atoms with E-state index in [1.165, 1.54) is 20.3 Å². The minimum atomic E-state index is -0.552. The maximum absolute atomic E-state index is 14.3. The molecule has 1 heterocycles. The fraction of sp³-hybridized carbons (Fsp3) is 0.154. The van der Waals surface area contributed by atoms with Gasteiger partial charge < -0.3 is 14.8 Å². The smallest absolute Gasteiger partial charge is 0.278 e. The van der Waals surface area contributed by atoms with Crippen molar-refractivity contribution in [2.24, 2.45) is 0 Å². The number of hydrogen-bond acceptors (Lipinski definition) is 5. The number of imide groups is 1. The number of halogens is 1. The van der Waals surface area contributed by atoms with Crippen molar-refractivity contribution in [2.75, 3.05) is 19.5 Å². The van der Waals surface area contributed by atoms with Crippen LogP contribution in [0.25, 0.3) is 5.57 Å². The number of methoxy groups -OCH3 is 2. The van der Waals surface area contributed by atoms with Crippen molar-refractivity contribution in [3.05, 3.63) is 94.9 Å². The molecule has 0 spiro atoms. The molecule has 0 saturated heterocycles. The Morgan fingerprint density at radius 3 is 2.30 bits per heavy atom. The SMILES string of the molecule is COc1ccc(OC)c(NC2=C(c3ccc(C)cc3)C(=O)N(Cc3ccccc3F)C2=O)c1. The topological polar surface area (TPSA) is 67.9 Å². The third-order valence-electron chi connectivity index (χ3n) is 5.46. The molecule has 0 aliphatic carbocycles. The van der Waals surface area contributed by atoms with Gasteiger partial charge in [-0.2, -0.15) is 0 Å². The lowest BCUT2D eigenvalue weighted by molar-refractivity contribution is -0.137. The molecule has 7 heteroatoms. The molecule has 0 radical (unpaired) electrons. The highest BCUT2D eigenvalue weighted by molar-refractivity contribution is 6.36. The fourth-order valence-electron chi connectivity index (χ4n) is 3.67. The molecule has 1 aliphatic heterocycles. The van der Waals surface area contributed by atoms with Crippen LogP contribution in [0.4, 0.5) is 10.1 Å². The number of hydrogen-bond donors (Lipinski definition) is 1. The van der Waals surface area contributed by atoms with Crippen molar-refractivity contribution >= 4 is 23.1 Å². The summed E-state index contributed by atoms with van der Waals surface area (Å²) in [5.74, 6) is -0.513. The standard InChI is InChI=1S/C26H23FN2O4/c1-16-8-10-17(11-9-16)23-24(28-21-14-19(32-2)12-13-22(21)33-3)26(31)29(25(23)30)15-18-6-4-5-7-20(18)27/h4-14,28H,15H2,1-3H3. The first kappa shape index (κ1) is 22.1. The number of aryl methyl sites for hydroxylation is 1. The molecule has 2 amide bonds. The van der Waals surface area contributed by atoms with E-state index in [4.69, 9.17) is 9.47 Å². The first-order valence-electron chi connectivity index (χ1n) is 10.3. The number of nitrogens with zero attached hydrogens (tertiary/aromatic N) is 1. The zero-order valence-electron chi connectivity index (χ0n) is 18.5. The van der Waals surface area contributed by atoms with Crippen LogP contribution in [0.1, 0.15) is 16.7 Å². The second-order valence-electron chi connectivity index (χ2n) is 7.60. The number of benzene rings is 3. The van der Waals surface area contributed by atoms with Gasteiger partial charge in [0, 0.05) is 11.6 Å². The van der Waals surface area contributed by atoms with Crippen molar-refractivity contribution in [3.63, 3.8) is 0 Å². The van der Waals surface area contributed by atoms with E-state index in [1.54, 1.807) is 48.5 Å². The molecular formula is C26H23FN2O4. The van der Waals surface area contributed by atoms with E-state index in [-0.39, 0.29) is 23.4 Å². The monoisotopic (exact) mass is 446 g/mol. The summed E-state index contributed by atoms with van der Waals surface area (Å²) in [6.07, 6.45) is 0. The van der Waals surface area contributed by atoms with Crippen molar-refractivity contribution in [2.45, 2.75) is 13.5 Å². The van der Waals surface area contributed by atoms with Crippen LogP contribution in [0, 0.1) is 12.7 Å². The van der Waals surface area contributed by atoms with Gasteiger partial charge in [-0.1, -0.05) is 48.0 Å². The number of amides is 2. The molecule has 0 aromatic heterocycles. The van der Waals surface area contributed by atoms with Crippen LogP contribution < -0.4 is 14.8 Å². The highest BCUT2D eigenvalue weighted by Gasteiger charge is 2.39. The van der Waals surface area contributed by atoms with Crippen LogP contribution in [0.5, 0.6) is 11.5 Å². The van der Waals surface area contributed by atoms with Crippen LogP contribution in [-0.2, 0) is 16.1 Å². The molecule has 0 fully saturated rings. The van der Waals surface area contributed by atoms with E-state index in [2.05, 4.69) is 5.32 Å². The molecule has 0 atom stereocenters. The van der Waals surface area contributed by atoms with Gasteiger partial charge in [-0.3, -0.25) is 14.5 Å². The molecule has 0 bridgehead atoms. The predicted molar refractivity (Wildman–Crippen MR) is 123 cm³/mol. The molecule has 168 valence electrons. The third-order valence-corrected chi connectivity index (χ3v) is 5.46. The molecule has 6 nitrogen and oxygen atoms in total. The van der Waals surface area contributed by atoms with Crippen molar-refractivity contribution in [1.29, 1.82) is 0 Å². The van der Waals surface area contributed by atoms with Crippen LogP contribution in [0.2, 0.25) is 0 Å². The molecule has 0 unspecified atom stereocenters. The Hall–Kier alpha value is -4.13. The molecule has 0 saturated carbocycles.